The Morgan fingerprint density at radius 3 is 2.25 bits per heavy atom. The Hall–Kier alpha value is -3.06. The SMILES string of the molecule is CC(C)Cc1nnc(NC(=O)Cn2c3ccccc3c(=O)c3ccccc32)s1. The van der Waals surface area contributed by atoms with Crippen LogP contribution in [-0.2, 0) is 17.8 Å². The van der Waals surface area contributed by atoms with Crippen LogP contribution in [0.5, 0.6) is 0 Å². The molecule has 7 heteroatoms. The molecular weight excluding hydrogens is 372 g/mol. The number of pyridine rings is 1. The average Bonchev–Trinajstić information content (AvgIpc) is 3.11. The van der Waals surface area contributed by atoms with Crippen molar-refractivity contribution >= 4 is 44.2 Å². The molecule has 2 heterocycles. The molecule has 0 aliphatic rings. The number of fused-ring (bicyclic) bond motifs is 2. The van der Waals surface area contributed by atoms with Crippen molar-refractivity contribution in [2.24, 2.45) is 5.92 Å². The summed E-state index contributed by atoms with van der Waals surface area (Å²) in [7, 11) is 0. The molecule has 0 fully saturated rings. The summed E-state index contributed by atoms with van der Waals surface area (Å²) in [5.74, 6) is 0.279. The molecule has 2 aromatic heterocycles. The standard InChI is InChI=1S/C21H20N4O2S/c1-13(2)11-19-23-24-21(28-19)22-18(26)12-25-16-9-5-3-7-14(16)20(27)15-8-4-6-10-17(15)25/h3-10,13H,11-12H2,1-2H3,(H,22,24,26). The van der Waals surface area contributed by atoms with Gasteiger partial charge in [-0.15, -0.1) is 10.2 Å². The van der Waals surface area contributed by atoms with Gasteiger partial charge < -0.3 is 4.57 Å². The summed E-state index contributed by atoms with van der Waals surface area (Å²) in [6, 6.07) is 14.7. The number of para-hydroxylation sites is 2. The summed E-state index contributed by atoms with van der Waals surface area (Å²) in [5.41, 5.74) is 1.45. The topological polar surface area (TPSA) is 76.9 Å². The van der Waals surface area contributed by atoms with E-state index in [1.165, 1.54) is 11.3 Å². The van der Waals surface area contributed by atoms with Gasteiger partial charge in [0.15, 0.2) is 5.43 Å². The Morgan fingerprint density at radius 1 is 1.04 bits per heavy atom. The maximum absolute atomic E-state index is 12.8. The molecule has 1 N–H and O–H groups in total. The van der Waals surface area contributed by atoms with Crippen LogP contribution in [0.2, 0.25) is 0 Å². The smallest absolute Gasteiger partial charge is 0.246 e. The largest absolute Gasteiger partial charge is 0.331 e. The van der Waals surface area contributed by atoms with E-state index < -0.39 is 0 Å². The summed E-state index contributed by atoms with van der Waals surface area (Å²) < 4.78 is 1.87. The fourth-order valence-electron chi connectivity index (χ4n) is 3.29. The van der Waals surface area contributed by atoms with Gasteiger partial charge in [-0.1, -0.05) is 49.4 Å². The van der Waals surface area contributed by atoms with Crippen LogP contribution >= 0.6 is 11.3 Å². The number of aromatic nitrogens is 3. The highest BCUT2D eigenvalue weighted by molar-refractivity contribution is 7.15. The van der Waals surface area contributed by atoms with Crippen LogP contribution in [0.3, 0.4) is 0 Å². The van der Waals surface area contributed by atoms with Gasteiger partial charge in [-0.2, -0.15) is 0 Å². The molecule has 0 unspecified atom stereocenters. The number of carbonyl (C=O) groups excluding carboxylic acids is 1. The Bertz CT molecular complexity index is 1170. The third-order valence-electron chi connectivity index (χ3n) is 4.48. The summed E-state index contributed by atoms with van der Waals surface area (Å²) in [6.07, 6.45) is 0.836. The fourth-order valence-corrected chi connectivity index (χ4v) is 4.25. The maximum atomic E-state index is 12.8. The quantitative estimate of drug-likeness (QED) is 0.524. The molecule has 0 spiro atoms. The number of nitrogens with zero attached hydrogens (tertiary/aromatic N) is 3. The Kier molecular flexibility index (Phi) is 4.92. The van der Waals surface area contributed by atoms with E-state index in [4.69, 9.17) is 0 Å². The van der Waals surface area contributed by atoms with E-state index in [-0.39, 0.29) is 17.9 Å². The van der Waals surface area contributed by atoms with E-state index >= 15 is 0 Å². The van der Waals surface area contributed by atoms with E-state index in [0.717, 1.165) is 22.5 Å². The zero-order chi connectivity index (χ0) is 19.7. The van der Waals surface area contributed by atoms with E-state index in [1.807, 2.05) is 41.0 Å². The zero-order valence-electron chi connectivity index (χ0n) is 15.7. The first-order valence-electron chi connectivity index (χ1n) is 9.15. The van der Waals surface area contributed by atoms with Crippen molar-refractivity contribution < 1.29 is 4.79 Å². The molecule has 4 aromatic rings. The minimum atomic E-state index is -0.203. The van der Waals surface area contributed by atoms with Gasteiger partial charge in [0.2, 0.25) is 11.0 Å². The maximum Gasteiger partial charge on any atom is 0.246 e. The number of benzene rings is 2. The Labute approximate surface area is 165 Å². The third kappa shape index (κ3) is 3.53. The molecule has 0 saturated heterocycles. The molecule has 1 amide bonds. The molecule has 0 atom stereocenters. The van der Waals surface area contributed by atoms with Crippen LogP contribution < -0.4 is 10.7 Å². The minimum absolute atomic E-state index is 0.0229. The van der Waals surface area contributed by atoms with Crippen molar-refractivity contribution in [2.75, 3.05) is 5.32 Å². The predicted octanol–water partition coefficient (Wildman–Crippen LogP) is 3.84. The van der Waals surface area contributed by atoms with Crippen LogP contribution in [0.25, 0.3) is 21.8 Å². The van der Waals surface area contributed by atoms with E-state index in [0.29, 0.717) is 21.8 Å². The Balaban J connectivity index is 1.69. The number of carbonyl (C=O) groups is 1. The second kappa shape index (κ2) is 7.52. The van der Waals surface area contributed by atoms with Gasteiger partial charge in [-0.3, -0.25) is 14.9 Å². The van der Waals surface area contributed by atoms with Crippen molar-refractivity contribution in [1.82, 2.24) is 14.8 Å². The molecule has 28 heavy (non-hydrogen) atoms. The lowest BCUT2D eigenvalue weighted by Crippen LogP contribution is -2.21. The first-order valence-corrected chi connectivity index (χ1v) is 9.97. The van der Waals surface area contributed by atoms with Gasteiger partial charge >= 0.3 is 0 Å². The van der Waals surface area contributed by atoms with Crippen LogP contribution in [0.1, 0.15) is 18.9 Å². The summed E-state index contributed by atoms with van der Waals surface area (Å²) in [6.45, 7) is 4.32. The number of rotatable bonds is 5. The molecular formula is C21H20N4O2S. The van der Waals surface area contributed by atoms with E-state index in [1.54, 1.807) is 12.1 Å². The van der Waals surface area contributed by atoms with Crippen molar-refractivity contribution in [1.29, 1.82) is 0 Å². The zero-order valence-corrected chi connectivity index (χ0v) is 16.5. The van der Waals surface area contributed by atoms with Crippen LogP contribution in [0.4, 0.5) is 5.13 Å². The van der Waals surface area contributed by atoms with Gasteiger partial charge in [-0.25, -0.2) is 0 Å². The highest BCUT2D eigenvalue weighted by atomic mass is 32.1. The second-order valence-electron chi connectivity index (χ2n) is 7.10. The molecule has 6 nitrogen and oxygen atoms in total. The fraction of sp³-hybridized carbons (Fsp3) is 0.238. The number of nitrogens with one attached hydrogen (secondary N) is 1. The van der Waals surface area contributed by atoms with Crippen molar-refractivity contribution in [3.63, 3.8) is 0 Å². The van der Waals surface area contributed by atoms with Crippen LogP contribution in [0.15, 0.2) is 53.3 Å². The second-order valence-corrected chi connectivity index (χ2v) is 8.16. The normalized spacial score (nSPS) is 11.4. The Morgan fingerprint density at radius 2 is 1.64 bits per heavy atom. The van der Waals surface area contributed by atoms with Crippen LogP contribution in [0, 0.1) is 5.92 Å². The number of amides is 1. The number of hydrogen-bond acceptors (Lipinski definition) is 5. The molecule has 0 saturated carbocycles. The van der Waals surface area contributed by atoms with Crippen molar-refractivity contribution in [3.05, 3.63) is 63.8 Å². The van der Waals surface area contributed by atoms with Crippen molar-refractivity contribution in [3.8, 4) is 0 Å². The summed E-state index contributed by atoms with van der Waals surface area (Å²) in [4.78, 5) is 25.5. The highest BCUT2D eigenvalue weighted by Gasteiger charge is 2.14. The number of anilines is 1. The lowest BCUT2D eigenvalue weighted by atomic mass is 10.1. The van der Waals surface area contributed by atoms with Gasteiger partial charge in [-0.05, 0) is 30.2 Å². The molecule has 142 valence electrons. The van der Waals surface area contributed by atoms with Crippen molar-refractivity contribution in [2.45, 2.75) is 26.8 Å². The molecule has 0 bridgehead atoms. The first kappa shape index (κ1) is 18.3. The first-order chi connectivity index (χ1) is 13.5. The van der Waals surface area contributed by atoms with Gasteiger partial charge in [0.25, 0.3) is 0 Å². The molecule has 0 aliphatic carbocycles. The molecule has 4 rings (SSSR count). The van der Waals surface area contributed by atoms with E-state index in [9.17, 15) is 9.59 Å². The highest BCUT2D eigenvalue weighted by Crippen LogP contribution is 2.21. The minimum Gasteiger partial charge on any atom is -0.331 e. The van der Waals surface area contributed by atoms with Crippen LogP contribution in [-0.4, -0.2) is 20.7 Å². The number of hydrogen-bond donors (Lipinski definition) is 1. The molecule has 0 aliphatic heterocycles. The van der Waals surface area contributed by atoms with E-state index in [2.05, 4.69) is 29.4 Å². The lowest BCUT2D eigenvalue weighted by Gasteiger charge is -2.14. The van der Waals surface area contributed by atoms with Gasteiger partial charge in [0.1, 0.15) is 11.6 Å². The van der Waals surface area contributed by atoms with Gasteiger partial charge in [0, 0.05) is 17.2 Å². The lowest BCUT2D eigenvalue weighted by molar-refractivity contribution is -0.116. The van der Waals surface area contributed by atoms with Gasteiger partial charge in [0.05, 0.1) is 11.0 Å². The average molecular weight is 392 g/mol. The monoisotopic (exact) mass is 392 g/mol. The third-order valence-corrected chi connectivity index (χ3v) is 5.34. The predicted molar refractivity (Wildman–Crippen MR) is 113 cm³/mol. The molecule has 0 radical (unpaired) electrons. The molecule has 2 aromatic carbocycles. The summed E-state index contributed by atoms with van der Waals surface area (Å²) in [5, 5.41) is 13.6. The summed E-state index contributed by atoms with van der Waals surface area (Å²) >= 11 is 1.40.